The second kappa shape index (κ2) is 67.5. The molecule has 0 spiro atoms. The molecule has 0 bridgehead atoms. The second-order valence-electron chi connectivity index (χ2n) is 24.3. The van der Waals surface area contributed by atoms with Gasteiger partial charge in [-0.3, -0.25) is 9.36 Å². The minimum Gasteiger partial charge on any atom is -0.440 e. The molecule has 5 rings (SSSR count). The number of cyclic esters (lactones) is 1. The predicted molar refractivity (Wildman–Crippen MR) is 519 cm³/mol. The van der Waals surface area contributed by atoms with Gasteiger partial charge in [0.15, 0.2) is 11.4 Å². The molecule has 0 radical (unpaired) electrons. The number of aliphatic hydroxyl groups is 1. The lowest BCUT2D eigenvalue weighted by Gasteiger charge is -2.37. The predicted octanol–water partition coefficient (Wildman–Crippen LogP) is 8.40. The average molecular weight is 1730 g/mol. The van der Waals surface area contributed by atoms with Crippen LogP contribution in [0.1, 0.15) is 76.3 Å². The molecule has 1 N–H and O–H groups in total. The van der Waals surface area contributed by atoms with Crippen LogP contribution in [0, 0.1) is 510 Å². The molecule has 0 aliphatic carbocycles. The van der Waals surface area contributed by atoms with Gasteiger partial charge in [-0.05, 0) is 159 Å². The van der Waals surface area contributed by atoms with E-state index in [1.165, 1.54) is 19.7 Å². The molecular formula is C123H45N2O9P. The average Bonchev–Trinajstić information content (AvgIpc) is 1.60. The summed E-state index contributed by atoms with van der Waals surface area (Å²) in [5.41, 5.74) is -0.481. The second-order valence-corrected chi connectivity index (χ2v) is 26.3. The Morgan fingerprint density at radius 3 is 0.867 bits per heavy atom. The van der Waals surface area contributed by atoms with Crippen molar-refractivity contribution in [1.29, 1.82) is 0 Å². The van der Waals surface area contributed by atoms with E-state index in [-0.39, 0.29) is 24.7 Å². The van der Waals surface area contributed by atoms with Gasteiger partial charge in [-0.15, -0.1) is 12.8 Å². The Kier molecular flexibility index (Phi) is 52.2. The van der Waals surface area contributed by atoms with Gasteiger partial charge in [-0.2, -0.15) is 0 Å². The summed E-state index contributed by atoms with van der Waals surface area (Å²) >= 11 is 0. The molecule has 1 aliphatic heterocycles. The van der Waals surface area contributed by atoms with Crippen LogP contribution in [0.2, 0.25) is 0 Å². The smallest absolute Gasteiger partial charge is 0.417 e. The first-order chi connectivity index (χ1) is 65.9. The Morgan fingerprint density at radius 1 is 0.385 bits per heavy atom. The van der Waals surface area contributed by atoms with Gasteiger partial charge in [0.05, 0.1) is 12.2 Å². The molecule has 2 amide bonds. The van der Waals surface area contributed by atoms with E-state index >= 15 is 0 Å². The number of carbonyl (C=O) groups excluding carboxylic acids is 2. The van der Waals surface area contributed by atoms with E-state index in [0.29, 0.717) is 5.56 Å². The van der Waals surface area contributed by atoms with Crippen molar-refractivity contribution in [1.82, 2.24) is 10.1 Å². The first-order valence-electron chi connectivity index (χ1n) is 37.3. The van der Waals surface area contributed by atoms with Crippen molar-refractivity contribution in [3.05, 3.63) is 114 Å². The molecule has 2 heterocycles. The van der Waals surface area contributed by atoms with Crippen molar-refractivity contribution >= 4 is 19.6 Å². The monoisotopic (exact) mass is 1720 g/mol. The molecule has 606 valence electrons. The molecule has 1 aliphatic rings. The molecule has 1 aromatic heterocycles. The molecule has 12 heteroatoms. The van der Waals surface area contributed by atoms with Crippen molar-refractivity contribution in [3.8, 4) is 521 Å². The Balaban J connectivity index is 0.000000649. The minimum absolute atomic E-state index is 0.0559. The number of ether oxygens (including phenoxy) is 2. The third kappa shape index (κ3) is 51.5. The lowest BCUT2D eigenvalue weighted by Crippen LogP contribution is -2.54. The van der Waals surface area contributed by atoms with Crippen LogP contribution in [-0.4, -0.2) is 50.6 Å². The number of imide groups is 1. The number of hydrogen-bond donors (Lipinski definition) is 1. The van der Waals surface area contributed by atoms with E-state index in [1.807, 2.05) is 60.7 Å². The number of terminal acetylenes is 2. The highest BCUT2D eigenvalue weighted by Gasteiger charge is 2.58. The van der Waals surface area contributed by atoms with Crippen molar-refractivity contribution in [2.24, 2.45) is 0 Å². The van der Waals surface area contributed by atoms with Crippen molar-refractivity contribution < 1.29 is 42.3 Å². The number of amides is 2. The summed E-state index contributed by atoms with van der Waals surface area (Å²) in [6.07, 6.45) is 7.31. The first kappa shape index (κ1) is 104. The van der Waals surface area contributed by atoms with Gasteiger partial charge in [0.1, 0.15) is 30.0 Å². The summed E-state index contributed by atoms with van der Waals surface area (Å²) in [6.45, 7) is 11.1. The maximum Gasteiger partial charge on any atom is 0.417 e. The van der Waals surface area contributed by atoms with Crippen molar-refractivity contribution in [3.63, 3.8) is 0 Å². The van der Waals surface area contributed by atoms with Gasteiger partial charge in [0.25, 0.3) is 5.91 Å². The highest BCUT2D eigenvalue weighted by Crippen LogP contribution is 2.49. The van der Waals surface area contributed by atoms with Crippen LogP contribution < -0.4 is 0 Å². The quantitative estimate of drug-likeness (QED) is 0.109. The molecule has 0 saturated carbocycles. The van der Waals surface area contributed by atoms with Crippen LogP contribution in [0.3, 0.4) is 0 Å². The van der Waals surface area contributed by atoms with E-state index in [0.717, 1.165) is 21.6 Å². The van der Waals surface area contributed by atoms with Crippen LogP contribution in [0.5, 0.6) is 0 Å². The summed E-state index contributed by atoms with van der Waals surface area (Å²) in [6, 6.07) is 27.1. The highest BCUT2D eigenvalue weighted by molar-refractivity contribution is 7.53. The van der Waals surface area contributed by atoms with Crippen molar-refractivity contribution in [2.45, 2.75) is 83.7 Å². The molecular weight excluding hydrogens is 1680 g/mol. The summed E-state index contributed by atoms with van der Waals surface area (Å²) in [4.78, 5) is 29.0. The number of hydrogen-bond acceptors (Lipinski definition) is 10. The zero-order valence-corrected chi connectivity index (χ0v) is 72.8. The van der Waals surface area contributed by atoms with E-state index in [4.69, 9.17) is 35.9 Å². The minimum atomic E-state index is -3.47. The maximum absolute atomic E-state index is 14.6. The maximum atomic E-state index is 14.6. The molecule has 1 saturated heterocycles. The third-order valence-electron chi connectivity index (χ3n) is 13.3. The molecule has 1 unspecified atom stereocenters. The van der Waals surface area contributed by atoms with E-state index in [9.17, 15) is 19.3 Å². The number of rotatable bonds is 12. The Hall–Kier alpha value is -23.0. The van der Waals surface area contributed by atoms with Crippen LogP contribution in [0.25, 0.3) is 11.1 Å². The van der Waals surface area contributed by atoms with Crippen molar-refractivity contribution in [2.75, 3.05) is 6.66 Å². The summed E-state index contributed by atoms with van der Waals surface area (Å²) in [7, 11) is -3.47. The molecule has 11 nitrogen and oxygen atoms in total. The SMILES string of the molecule is C#CC#CC#CC#CC#CC#CC#CC#CC#CC#CC#CC#CC#CC#CC#CC#CC#CC#CC#CC#CC#CC#CC#CC#CC#CC#CC#CC#CC#CC#CC#CC#CC#CC#CC#CC#CC#CC#CC#CC#CC#CC#CC#C.CC(C)(C)OP(C)(=O)OCc1cc([C@H](O)[C@](C)(OCc2ccc(-c3ccccc3)cc2)C(=O)N2C(=O)OC(C)(C)[C@@H]2c2ccccc2)no1. The fourth-order valence-electron chi connectivity index (χ4n) is 8.37. The van der Waals surface area contributed by atoms with E-state index in [1.54, 1.807) is 58.9 Å². The largest absolute Gasteiger partial charge is 0.440 e. The van der Waals surface area contributed by atoms with Crippen LogP contribution in [-0.2, 0) is 41.1 Å². The lowest BCUT2D eigenvalue weighted by atomic mass is 9.88. The Morgan fingerprint density at radius 2 is 0.622 bits per heavy atom. The Labute approximate surface area is 792 Å². The topological polar surface area (TPSA) is 138 Å². The number of nitrogens with zero attached hydrogens (tertiary/aromatic N) is 2. The van der Waals surface area contributed by atoms with Crippen LogP contribution in [0.4, 0.5) is 4.79 Å². The highest BCUT2D eigenvalue weighted by atomic mass is 31.2. The van der Waals surface area contributed by atoms with Crippen LogP contribution in [0.15, 0.2) is 95.5 Å². The molecule has 1 fully saturated rings. The van der Waals surface area contributed by atoms with Gasteiger partial charge < -0.3 is 28.2 Å². The van der Waals surface area contributed by atoms with Gasteiger partial charge in [0, 0.05) is 415 Å². The first-order valence-corrected chi connectivity index (χ1v) is 39.3. The van der Waals surface area contributed by atoms with Gasteiger partial charge >= 0.3 is 13.7 Å². The Bertz CT molecular complexity index is 8220. The number of aliphatic hydroxyl groups excluding tert-OH is 1. The number of benzene rings is 3. The molecule has 135 heavy (non-hydrogen) atoms. The van der Waals surface area contributed by atoms with Gasteiger partial charge in [-0.1, -0.05) is 90.1 Å². The normalized spacial score (nSPS) is 9.45. The summed E-state index contributed by atoms with van der Waals surface area (Å²) in [5, 5.41) is 15.8. The molecule has 4 atom stereocenters. The third-order valence-corrected chi connectivity index (χ3v) is 14.8. The zero-order valence-electron chi connectivity index (χ0n) is 71.9. The zero-order chi connectivity index (χ0) is 97.0. The van der Waals surface area contributed by atoms with E-state index in [2.05, 4.69) is 502 Å². The number of carbonyl (C=O) groups is 2. The van der Waals surface area contributed by atoms with Gasteiger partial charge in [0.2, 0.25) is 0 Å². The lowest BCUT2D eigenvalue weighted by molar-refractivity contribution is -0.175. The molecule has 4 aromatic rings. The van der Waals surface area contributed by atoms with E-state index < -0.39 is 48.5 Å². The standard InChI is InChI=1S/C86H2.C37H43N2O9P/c1-3-5-7-9-11-13-15-17-19-21-23-25-27-29-31-33-35-37-39-41-43-45-47-49-51-53-55-57-59-61-63-65-67-69-71-73-75-77-79-81-83-85-86-84-82-80-78-76-74-72-70-68-66-64-62-60-58-56-54-52-50-48-46-44-42-40-38-36-34-32-30-28-26-24-22-20-18-16-14-12-10-8-6-4-2;1-35(2,3)48-49(7,43)45-24-29-22-30(38-47-29)32(40)37(6,44-23-25-18-20-27(21-19-25)26-14-10-8-11-15-26)33(41)39-31(28-16-12-9-13-17-28)36(4,5)46-34(39)42/h1-2H;8-22,31-32,40H,23-24H2,1-7H3/t;31-,32-,37-,49?/m.0/s1. The summed E-state index contributed by atoms with van der Waals surface area (Å²) < 4.78 is 41.2. The van der Waals surface area contributed by atoms with Crippen LogP contribution >= 0.6 is 7.60 Å². The fourth-order valence-corrected chi connectivity index (χ4v) is 9.78. The number of aromatic nitrogens is 1. The molecule has 3 aromatic carbocycles. The van der Waals surface area contributed by atoms with Gasteiger partial charge in [-0.25, -0.2) is 9.69 Å². The summed E-state index contributed by atoms with van der Waals surface area (Å²) in [5.74, 6) is 207. The fraction of sp³-hybridized carbons (Fsp3) is 0.114.